The standard InChI is InChI=1S/C19H22ClN3O/c1-11-5-8-17(10-18(11)20)23-13(3)19(12(2)22-23)15-6-7-16(9-15)21-14(4)24/h5-8,10,15-16H,9H2,1-4H3,(H,21,24). The average Bonchev–Trinajstić information content (AvgIpc) is 3.06. The fourth-order valence-corrected chi connectivity index (χ4v) is 3.61. The number of nitrogens with one attached hydrogen (secondary N) is 1. The predicted octanol–water partition coefficient (Wildman–Crippen LogP) is 4.00. The van der Waals surface area contributed by atoms with E-state index in [2.05, 4.69) is 24.4 Å². The zero-order chi connectivity index (χ0) is 17.4. The first-order valence-corrected chi connectivity index (χ1v) is 8.52. The van der Waals surface area contributed by atoms with Crippen LogP contribution >= 0.6 is 11.6 Å². The number of carbonyl (C=O) groups excluding carboxylic acids is 1. The Labute approximate surface area is 147 Å². The van der Waals surface area contributed by atoms with Crippen LogP contribution in [0.25, 0.3) is 5.69 Å². The second-order valence-corrected chi connectivity index (χ2v) is 6.87. The Balaban J connectivity index is 1.92. The molecule has 0 fully saturated rings. The zero-order valence-corrected chi connectivity index (χ0v) is 15.2. The van der Waals surface area contributed by atoms with Crippen LogP contribution in [-0.2, 0) is 4.79 Å². The molecule has 0 spiro atoms. The van der Waals surface area contributed by atoms with Crippen LogP contribution in [0.4, 0.5) is 0 Å². The second-order valence-electron chi connectivity index (χ2n) is 6.46. The van der Waals surface area contributed by atoms with Crippen molar-refractivity contribution in [1.29, 1.82) is 0 Å². The van der Waals surface area contributed by atoms with Gasteiger partial charge in [0.15, 0.2) is 0 Å². The van der Waals surface area contributed by atoms with E-state index in [0.717, 1.165) is 34.1 Å². The van der Waals surface area contributed by atoms with Crippen LogP contribution in [-0.4, -0.2) is 21.7 Å². The van der Waals surface area contributed by atoms with Crippen molar-refractivity contribution in [3.63, 3.8) is 0 Å². The number of hydrogen-bond acceptors (Lipinski definition) is 2. The van der Waals surface area contributed by atoms with Crippen LogP contribution in [0.3, 0.4) is 0 Å². The molecular weight excluding hydrogens is 322 g/mol. The molecular formula is C19H22ClN3O. The maximum Gasteiger partial charge on any atom is 0.217 e. The third-order valence-corrected chi connectivity index (χ3v) is 5.00. The number of aryl methyl sites for hydroxylation is 2. The van der Waals surface area contributed by atoms with Crippen molar-refractivity contribution in [2.45, 2.75) is 46.1 Å². The molecule has 1 aromatic heterocycles. The maximum absolute atomic E-state index is 11.3. The molecule has 0 saturated carbocycles. The quantitative estimate of drug-likeness (QED) is 0.856. The smallest absolute Gasteiger partial charge is 0.217 e. The van der Waals surface area contributed by atoms with Gasteiger partial charge in [-0.2, -0.15) is 5.10 Å². The minimum Gasteiger partial charge on any atom is -0.350 e. The molecule has 126 valence electrons. The molecule has 1 aliphatic rings. The maximum atomic E-state index is 11.3. The number of hydrogen-bond donors (Lipinski definition) is 1. The van der Waals surface area contributed by atoms with Crippen molar-refractivity contribution in [3.05, 3.63) is 57.9 Å². The highest BCUT2D eigenvalue weighted by atomic mass is 35.5. The lowest BCUT2D eigenvalue weighted by atomic mass is 9.96. The van der Waals surface area contributed by atoms with Gasteiger partial charge in [0.05, 0.1) is 11.4 Å². The van der Waals surface area contributed by atoms with Gasteiger partial charge in [0.1, 0.15) is 0 Å². The van der Waals surface area contributed by atoms with E-state index < -0.39 is 0 Å². The highest BCUT2D eigenvalue weighted by Crippen LogP contribution is 2.34. The van der Waals surface area contributed by atoms with Crippen molar-refractivity contribution in [3.8, 4) is 5.69 Å². The molecule has 4 nitrogen and oxygen atoms in total. The molecule has 2 unspecified atom stereocenters. The summed E-state index contributed by atoms with van der Waals surface area (Å²) in [6.45, 7) is 7.66. The van der Waals surface area contributed by atoms with Gasteiger partial charge in [-0.3, -0.25) is 4.79 Å². The van der Waals surface area contributed by atoms with Crippen LogP contribution in [0, 0.1) is 20.8 Å². The number of aromatic nitrogens is 2. The highest BCUT2D eigenvalue weighted by Gasteiger charge is 2.26. The second kappa shape index (κ2) is 6.44. The Morgan fingerprint density at radius 1 is 1.29 bits per heavy atom. The lowest BCUT2D eigenvalue weighted by Crippen LogP contribution is -2.30. The van der Waals surface area contributed by atoms with E-state index in [-0.39, 0.29) is 17.9 Å². The monoisotopic (exact) mass is 343 g/mol. The summed E-state index contributed by atoms with van der Waals surface area (Å²) in [5.74, 6) is 0.278. The van der Waals surface area contributed by atoms with Gasteiger partial charge in [0.25, 0.3) is 0 Å². The van der Waals surface area contributed by atoms with E-state index in [9.17, 15) is 4.79 Å². The van der Waals surface area contributed by atoms with Gasteiger partial charge >= 0.3 is 0 Å². The number of benzene rings is 1. The third kappa shape index (κ3) is 3.11. The number of amides is 1. The fourth-order valence-electron chi connectivity index (χ4n) is 3.44. The Hall–Kier alpha value is -2.07. The third-order valence-electron chi connectivity index (χ3n) is 4.59. The Bertz CT molecular complexity index is 822. The number of carbonyl (C=O) groups is 1. The zero-order valence-electron chi connectivity index (χ0n) is 14.4. The molecule has 5 heteroatoms. The van der Waals surface area contributed by atoms with Crippen molar-refractivity contribution < 1.29 is 4.79 Å². The van der Waals surface area contributed by atoms with E-state index in [1.54, 1.807) is 6.92 Å². The van der Waals surface area contributed by atoms with Gasteiger partial charge in [-0.05, 0) is 44.9 Å². The first-order chi connectivity index (χ1) is 11.4. The topological polar surface area (TPSA) is 46.9 Å². The van der Waals surface area contributed by atoms with E-state index in [1.165, 1.54) is 5.56 Å². The highest BCUT2D eigenvalue weighted by molar-refractivity contribution is 6.31. The van der Waals surface area contributed by atoms with E-state index in [1.807, 2.05) is 36.7 Å². The summed E-state index contributed by atoms with van der Waals surface area (Å²) in [7, 11) is 0. The molecule has 1 heterocycles. The molecule has 0 radical (unpaired) electrons. The van der Waals surface area contributed by atoms with Crippen LogP contribution in [0.5, 0.6) is 0 Å². The van der Waals surface area contributed by atoms with Crippen molar-refractivity contribution in [1.82, 2.24) is 15.1 Å². The van der Waals surface area contributed by atoms with Crippen LogP contribution in [0.15, 0.2) is 30.4 Å². The molecule has 0 saturated heterocycles. The van der Waals surface area contributed by atoms with Gasteiger partial charge in [0.2, 0.25) is 5.91 Å². The van der Waals surface area contributed by atoms with Gasteiger partial charge in [-0.1, -0.05) is 29.8 Å². The minimum absolute atomic E-state index is 0.00346. The number of allylic oxidation sites excluding steroid dienone is 1. The molecule has 1 N–H and O–H groups in total. The molecule has 0 aliphatic heterocycles. The lowest BCUT2D eigenvalue weighted by Gasteiger charge is -2.14. The predicted molar refractivity (Wildman–Crippen MR) is 96.9 cm³/mol. The fraction of sp³-hybridized carbons (Fsp3) is 0.368. The molecule has 1 aliphatic carbocycles. The Morgan fingerprint density at radius 3 is 2.71 bits per heavy atom. The normalized spacial score (nSPS) is 19.7. The molecule has 2 atom stereocenters. The van der Waals surface area contributed by atoms with Gasteiger partial charge in [-0.15, -0.1) is 0 Å². The minimum atomic E-state index is 0.00346. The summed E-state index contributed by atoms with van der Waals surface area (Å²) in [6, 6.07) is 6.10. The van der Waals surface area contributed by atoms with E-state index >= 15 is 0 Å². The van der Waals surface area contributed by atoms with Gasteiger partial charge < -0.3 is 5.32 Å². The van der Waals surface area contributed by atoms with Crippen LogP contribution in [0.2, 0.25) is 5.02 Å². The van der Waals surface area contributed by atoms with Crippen molar-refractivity contribution in [2.24, 2.45) is 0 Å². The molecule has 1 aromatic carbocycles. The van der Waals surface area contributed by atoms with E-state index in [0.29, 0.717) is 0 Å². The Morgan fingerprint density at radius 2 is 2.04 bits per heavy atom. The summed E-state index contributed by atoms with van der Waals surface area (Å²) < 4.78 is 1.95. The van der Waals surface area contributed by atoms with Crippen LogP contribution < -0.4 is 5.32 Å². The molecule has 2 aromatic rings. The first-order valence-electron chi connectivity index (χ1n) is 8.15. The molecule has 24 heavy (non-hydrogen) atoms. The van der Waals surface area contributed by atoms with Crippen LogP contribution in [0.1, 0.15) is 41.8 Å². The first kappa shape index (κ1) is 16.8. The van der Waals surface area contributed by atoms with Crippen molar-refractivity contribution in [2.75, 3.05) is 0 Å². The summed E-state index contributed by atoms with van der Waals surface area (Å²) >= 11 is 6.26. The number of nitrogens with zero attached hydrogens (tertiary/aromatic N) is 2. The van der Waals surface area contributed by atoms with E-state index in [4.69, 9.17) is 16.7 Å². The largest absolute Gasteiger partial charge is 0.350 e. The summed E-state index contributed by atoms with van der Waals surface area (Å²) in [5, 5.41) is 8.42. The SMILES string of the molecule is CC(=O)NC1C=CC(c2c(C)nn(-c3ccc(C)c(Cl)c3)c2C)C1. The average molecular weight is 344 g/mol. The molecule has 0 bridgehead atoms. The summed E-state index contributed by atoms with van der Waals surface area (Å²) in [4.78, 5) is 11.3. The number of halogens is 1. The summed E-state index contributed by atoms with van der Waals surface area (Å²) in [6.07, 6.45) is 5.12. The van der Waals surface area contributed by atoms with Gasteiger partial charge in [-0.25, -0.2) is 4.68 Å². The Kier molecular flexibility index (Phi) is 4.50. The molecule has 3 rings (SSSR count). The van der Waals surface area contributed by atoms with Gasteiger partial charge in [0, 0.05) is 35.2 Å². The number of rotatable bonds is 3. The lowest BCUT2D eigenvalue weighted by molar-refractivity contribution is -0.119. The molecule has 1 amide bonds. The summed E-state index contributed by atoms with van der Waals surface area (Å²) in [5.41, 5.74) is 5.39. The van der Waals surface area contributed by atoms with Crippen molar-refractivity contribution >= 4 is 17.5 Å².